The number of sulfonamides is 1. The van der Waals surface area contributed by atoms with Crippen molar-refractivity contribution in [1.29, 1.82) is 0 Å². The van der Waals surface area contributed by atoms with Crippen LogP contribution < -0.4 is 14.4 Å². The van der Waals surface area contributed by atoms with E-state index >= 15 is 0 Å². The highest BCUT2D eigenvalue weighted by Gasteiger charge is 2.29. The van der Waals surface area contributed by atoms with Crippen molar-refractivity contribution in [1.82, 2.24) is 0 Å². The summed E-state index contributed by atoms with van der Waals surface area (Å²) in [5.74, 6) is 0.160. The maximum Gasteiger partial charge on any atom is 0.247 e. The van der Waals surface area contributed by atoms with Gasteiger partial charge in [-0.25, -0.2) is 8.42 Å². The first-order valence-corrected chi connectivity index (χ1v) is 10.2. The largest absolute Gasteiger partial charge is 0.494 e. The number of hydrogen-bond acceptors (Lipinski definition) is 4. The van der Waals surface area contributed by atoms with Gasteiger partial charge in [0, 0.05) is 10.7 Å². The number of amides is 1. The molecule has 1 amide bonds. The molecular weight excluding hydrogens is 376 g/mol. The molecule has 2 rings (SSSR count). The molecule has 0 aliphatic carbocycles. The molecule has 26 heavy (non-hydrogen) atoms. The van der Waals surface area contributed by atoms with Crippen LogP contribution in [0.3, 0.4) is 0 Å². The molecule has 6 nitrogen and oxygen atoms in total. The molecule has 8 heteroatoms. The van der Waals surface area contributed by atoms with Crippen LogP contribution in [0.25, 0.3) is 0 Å². The fraction of sp³-hybridized carbons (Fsp3) is 0.278. The number of anilines is 2. The van der Waals surface area contributed by atoms with E-state index in [-0.39, 0.29) is 0 Å². The van der Waals surface area contributed by atoms with E-state index in [0.29, 0.717) is 28.8 Å². The van der Waals surface area contributed by atoms with Gasteiger partial charge in [-0.1, -0.05) is 17.7 Å². The smallest absolute Gasteiger partial charge is 0.247 e. The van der Waals surface area contributed by atoms with Crippen molar-refractivity contribution in [2.24, 2.45) is 0 Å². The summed E-state index contributed by atoms with van der Waals surface area (Å²) < 4.78 is 31.0. The Morgan fingerprint density at radius 2 is 1.88 bits per heavy atom. The average molecular weight is 397 g/mol. The SMILES string of the molecule is CCOc1ccc(N([C@H](C)C(=O)Nc2cccc(Cl)c2)S(C)(=O)=O)cc1. The second-order valence-electron chi connectivity index (χ2n) is 5.66. The van der Waals surface area contributed by atoms with Crippen molar-refractivity contribution in [2.45, 2.75) is 19.9 Å². The van der Waals surface area contributed by atoms with E-state index in [1.807, 2.05) is 6.92 Å². The Morgan fingerprint density at radius 1 is 1.23 bits per heavy atom. The molecular formula is C18H21ClN2O4S. The Labute approximate surface area is 158 Å². The van der Waals surface area contributed by atoms with Gasteiger partial charge in [0.2, 0.25) is 15.9 Å². The summed E-state index contributed by atoms with van der Waals surface area (Å²) in [7, 11) is -3.68. The molecule has 0 saturated carbocycles. The van der Waals surface area contributed by atoms with Crippen molar-refractivity contribution in [3.05, 3.63) is 53.6 Å². The van der Waals surface area contributed by atoms with Crippen LogP contribution in [0.5, 0.6) is 5.75 Å². The fourth-order valence-electron chi connectivity index (χ4n) is 2.48. The summed E-state index contributed by atoms with van der Waals surface area (Å²) in [6.07, 6.45) is 1.06. The third-order valence-corrected chi connectivity index (χ3v) is 5.06. The molecule has 0 fully saturated rings. The molecule has 0 unspecified atom stereocenters. The summed E-state index contributed by atoms with van der Waals surface area (Å²) in [6, 6.07) is 12.2. The number of carbonyl (C=O) groups excluding carboxylic acids is 1. The number of carbonyl (C=O) groups is 1. The minimum atomic E-state index is -3.68. The van der Waals surface area contributed by atoms with Gasteiger partial charge >= 0.3 is 0 Å². The highest BCUT2D eigenvalue weighted by atomic mass is 35.5. The Kier molecular flexibility index (Phi) is 6.50. The second-order valence-corrected chi connectivity index (χ2v) is 7.96. The van der Waals surface area contributed by atoms with Crippen LogP contribution in [0.1, 0.15) is 13.8 Å². The number of nitrogens with one attached hydrogen (secondary N) is 1. The maximum atomic E-state index is 12.6. The zero-order valence-electron chi connectivity index (χ0n) is 14.8. The first kappa shape index (κ1) is 20.1. The summed E-state index contributed by atoms with van der Waals surface area (Å²) in [6.45, 7) is 3.89. The molecule has 0 saturated heterocycles. The highest BCUT2D eigenvalue weighted by molar-refractivity contribution is 7.92. The number of nitrogens with zero attached hydrogens (tertiary/aromatic N) is 1. The van der Waals surface area contributed by atoms with Crippen LogP contribution in [0.15, 0.2) is 48.5 Å². The van der Waals surface area contributed by atoms with Crippen LogP contribution >= 0.6 is 11.6 Å². The lowest BCUT2D eigenvalue weighted by Crippen LogP contribution is -2.45. The Hall–Kier alpha value is -2.25. The molecule has 1 atom stereocenters. The molecule has 1 N–H and O–H groups in total. The van der Waals surface area contributed by atoms with Gasteiger partial charge in [0.15, 0.2) is 0 Å². The Bertz CT molecular complexity index is 869. The van der Waals surface area contributed by atoms with Gasteiger partial charge in [0.05, 0.1) is 18.6 Å². The van der Waals surface area contributed by atoms with Gasteiger partial charge < -0.3 is 10.1 Å². The van der Waals surface area contributed by atoms with Crippen LogP contribution in [0.4, 0.5) is 11.4 Å². The van der Waals surface area contributed by atoms with Crippen LogP contribution in [-0.2, 0) is 14.8 Å². The molecule has 0 radical (unpaired) electrons. The highest BCUT2D eigenvalue weighted by Crippen LogP contribution is 2.25. The predicted octanol–water partition coefficient (Wildman–Crippen LogP) is 3.53. The van der Waals surface area contributed by atoms with Crippen molar-refractivity contribution >= 4 is 38.9 Å². The minimum Gasteiger partial charge on any atom is -0.494 e. The third-order valence-electron chi connectivity index (χ3n) is 3.58. The van der Waals surface area contributed by atoms with Gasteiger partial charge in [-0.2, -0.15) is 0 Å². The molecule has 0 spiro atoms. The summed E-state index contributed by atoms with van der Waals surface area (Å²) in [4.78, 5) is 12.6. The lowest BCUT2D eigenvalue weighted by molar-refractivity contribution is -0.116. The molecule has 140 valence electrons. The minimum absolute atomic E-state index is 0.379. The molecule has 2 aromatic rings. The van der Waals surface area contributed by atoms with Crippen molar-refractivity contribution < 1.29 is 17.9 Å². The van der Waals surface area contributed by atoms with Gasteiger partial charge in [-0.05, 0) is 56.3 Å². The van der Waals surface area contributed by atoms with E-state index in [4.69, 9.17) is 16.3 Å². The van der Waals surface area contributed by atoms with Crippen LogP contribution in [-0.4, -0.2) is 33.2 Å². The van der Waals surface area contributed by atoms with Crippen molar-refractivity contribution in [3.63, 3.8) is 0 Å². The summed E-state index contributed by atoms with van der Waals surface area (Å²) in [5, 5.41) is 3.16. The molecule has 0 heterocycles. The van der Waals surface area contributed by atoms with Gasteiger partial charge in [-0.15, -0.1) is 0 Å². The first-order chi connectivity index (χ1) is 12.2. The molecule has 2 aromatic carbocycles. The predicted molar refractivity (Wildman–Crippen MR) is 104 cm³/mol. The van der Waals surface area contributed by atoms with Crippen molar-refractivity contribution in [3.8, 4) is 5.75 Å². The molecule has 0 aliphatic heterocycles. The van der Waals surface area contributed by atoms with E-state index in [2.05, 4.69) is 5.32 Å². The third kappa shape index (κ3) is 5.12. The van der Waals surface area contributed by atoms with Gasteiger partial charge in [-0.3, -0.25) is 9.10 Å². The van der Waals surface area contributed by atoms with Gasteiger partial charge in [0.1, 0.15) is 11.8 Å². The van der Waals surface area contributed by atoms with Crippen LogP contribution in [0.2, 0.25) is 5.02 Å². The summed E-state index contributed by atoms with van der Waals surface area (Å²) >= 11 is 5.91. The average Bonchev–Trinajstić information content (AvgIpc) is 2.55. The van der Waals surface area contributed by atoms with E-state index in [1.165, 1.54) is 6.92 Å². The van der Waals surface area contributed by atoms with E-state index in [1.54, 1.807) is 48.5 Å². The lowest BCUT2D eigenvalue weighted by Gasteiger charge is -2.28. The van der Waals surface area contributed by atoms with E-state index in [9.17, 15) is 13.2 Å². The lowest BCUT2D eigenvalue weighted by atomic mass is 10.2. The standard InChI is InChI=1S/C18H21ClN2O4S/c1-4-25-17-10-8-16(9-11-17)21(26(3,23)24)13(2)18(22)20-15-7-5-6-14(19)12-15/h5-13H,4H2,1-3H3,(H,20,22)/t13-/m1/s1. The zero-order valence-corrected chi connectivity index (χ0v) is 16.3. The normalized spacial score (nSPS) is 12.3. The number of benzene rings is 2. The fourth-order valence-corrected chi connectivity index (χ4v) is 3.84. The van der Waals surface area contributed by atoms with Gasteiger partial charge in [0.25, 0.3) is 0 Å². The topological polar surface area (TPSA) is 75.7 Å². The zero-order chi connectivity index (χ0) is 19.3. The molecule has 0 aromatic heterocycles. The quantitative estimate of drug-likeness (QED) is 0.776. The summed E-state index contributed by atoms with van der Waals surface area (Å²) in [5.41, 5.74) is 0.874. The Morgan fingerprint density at radius 3 is 2.42 bits per heavy atom. The monoisotopic (exact) mass is 396 g/mol. The number of halogens is 1. The molecule has 0 aliphatic rings. The number of hydrogen-bond donors (Lipinski definition) is 1. The maximum absolute atomic E-state index is 12.6. The first-order valence-electron chi connectivity index (χ1n) is 8.01. The number of ether oxygens (including phenoxy) is 1. The van der Waals surface area contributed by atoms with E-state index < -0.39 is 22.0 Å². The van der Waals surface area contributed by atoms with Crippen LogP contribution in [0, 0.1) is 0 Å². The molecule has 0 bridgehead atoms. The Balaban J connectivity index is 2.27. The van der Waals surface area contributed by atoms with E-state index in [0.717, 1.165) is 10.6 Å². The van der Waals surface area contributed by atoms with Crippen molar-refractivity contribution in [2.75, 3.05) is 22.5 Å². The second kappa shape index (κ2) is 8.42. The number of rotatable bonds is 7.